The maximum Gasteiger partial charge on any atom is 0.0374 e. The van der Waals surface area contributed by atoms with E-state index in [4.69, 9.17) is 0 Å². The number of hydrogen-bond acceptors (Lipinski definition) is 2. The van der Waals surface area contributed by atoms with E-state index in [0.29, 0.717) is 0 Å². The molecule has 1 aromatic rings. The molecular weight excluding hydrogens is 184 g/mol. The minimum atomic E-state index is 0.771. The maximum atomic E-state index is 3.29. The third-order valence-corrected chi connectivity index (χ3v) is 3.33. The van der Waals surface area contributed by atoms with Crippen LogP contribution in [0.3, 0.4) is 0 Å². The molecule has 0 heterocycles. The van der Waals surface area contributed by atoms with Gasteiger partial charge in [-0.3, -0.25) is 0 Å². The van der Waals surface area contributed by atoms with Gasteiger partial charge in [-0.1, -0.05) is 6.92 Å². The molecule has 82 valence electrons. The zero-order chi connectivity index (χ0) is 11.0. The van der Waals surface area contributed by atoms with Gasteiger partial charge in [-0.25, -0.2) is 0 Å². The molecule has 0 aliphatic heterocycles. The minimum absolute atomic E-state index is 0.771. The second kappa shape index (κ2) is 3.76. The Morgan fingerprint density at radius 1 is 1.33 bits per heavy atom. The maximum absolute atomic E-state index is 3.29. The average molecular weight is 204 g/mol. The van der Waals surface area contributed by atoms with Crippen molar-refractivity contribution in [3.8, 4) is 0 Å². The van der Waals surface area contributed by atoms with E-state index < -0.39 is 0 Å². The van der Waals surface area contributed by atoms with Crippen molar-refractivity contribution in [3.05, 3.63) is 23.8 Å². The van der Waals surface area contributed by atoms with Crippen LogP contribution in [-0.2, 0) is 0 Å². The summed E-state index contributed by atoms with van der Waals surface area (Å²) in [6.07, 6.45) is 1.34. The van der Waals surface area contributed by atoms with E-state index in [1.807, 2.05) is 7.05 Å². The van der Waals surface area contributed by atoms with Gasteiger partial charge in [0.2, 0.25) is 0 Å². The first-order chi connectivity index (χ1) is 7.13. The predicted molar refractivity (Wildman–Crippen MR) is 66.8 cm³/mol. The number of benzene rings is 1. The third kappa shape index (κ3) is 1.94. The summed E-state index contributed by atoms with van der Waals surface area (Å²) in [5, 5.41) is 3.29. The summed E-state index contributed by atoms with van der Waals surface area (Å²) >= 11 is 0. The van der Waals surface area contributed by atoms with Crippen LogP contribution >= 0.6 is 0 Å². The van der Waals surface area contributed by atoms with E-state index >= 15 is 0 Å². The van der Waals surface area contributed by atoms with Crippen molar-refractivity contribution >= 4 is 11.4 Å². The smallest absolute Gasteiger partial charge is 0.0374 e. The summed E-state index contributed by atoms with van der Waals surface area (Å²) in [4.78, 5) is 2.16. The highest BCUT2D eigenvalue weighted by Gasteiger charge is 2.35. The monoisotopic (exact) mass is 204 g/mol. The molecule has 2 rings (SSSR count). The van der Waals surface area contributed by atoms with Crippen molar-refractivity contribution in [1.82, 2.24) is 0 Å². The zero-order valence-corrected chi connectivity index (χ0v) is 10.0. The van der Waals surface area contributed by atoms with Gasteiger partial charge in [-0.05, 0) is 42.0 Å². The van der Waals surface area contributed by atoms with Crippen molar-refractivity contribution in [2.75, 3.05) is 31.4 Å². The van der Waals surface area contributed by atoms with Gasteiger partial charge >= 0.3 is 0 Å². The van der Waals surface area contributed by atoms with Crippen molar-refractivity contribution in [3.63, 3.8) is 0 Å². The van der Waals surface area contributed by atoms with E-state index in [9.17, 15) is 0 Å². The fourth-order valence-corrected chi connectivity index (χ4v) is 2.12. The van der Waals surface area contributed by atoms with Gasteiger partial charge in [-0.2, -0.15) is 0 Å². The molecule has 15 heavy (non-hydrogen) atoms. The highest BCUT2D eigenvalue weighted by Crippen LogP contribution is 2.49. The molecule has 0 radical (unpaired) electrons. The van der Waals surface area contributed by atoms with Crippen LogP contribution < -0.4 is 10.2 Å². The van der Waals surface area contributed by atoms with Crippen LogP contribution in [0.25, 0.3) is 0 Å². The molecule has 0 amide bonds. The molecule has 0 bridgehead atoms. The molecule has 1 aliphatic rings. The van der Waals surface area contributed by atoms with Gasteiger partial charge < -0.3 is 10.2 Å². The van der Waals surface area contributed by atoms with Crippen LogP contribution in [0.2, 0.25) is 0 Å². The molecule has 2 unspecified atom stereocenters. The molecule has 2 heteroatoms. The standard InChI is InChI=1S/C13H20N2/c1-9-7-11(9)12-8-10(15(3)4)5-6-13(12)14-2/h5-6,8-9,11,14H,7H2,1-4H3. The topological polar surface area (TPSA) is 15.3 Å². The van der Waals surface area contributed by atoms with Crippen LogP contribution in [0.5, 0.6) is 0 Å². The van der Waals surface area contributed by atoms with Gasteiger partial charge in [0, 0.05) is 32.5 Å². The lowest BCUT2D eigenvalue weighted by atomic mass is 10.1. The predicted octanol–water partition coefficient (Wildman–Crippen LogP) is 2.92. The third-order valence-electron chi connectivity index (χ3n) is 3.33. The van der Waals surface area contributed by atoms with Crippen LogP contribution in [0.1, 0.15) is 24.8 Å². The summed E-state index contributed by atoms with van der Waals surface area (Å²) in [7, 11) is 6.18. The number of nitrogens with one attached hydrogen (secondary N) is 1. The molecule has 0 spiro atoms. The van der Waals surface area contributed by atoms with Gasteiger partial charge in [0.25, 0.3) is 0 Å². The van der Waals surface area contributed by atoms with Gasteiger partial charge in [0.05, 0.1) is 0 Å². The molecule has 2 nitrogen and oxygen atoms in total. The first-order valence-corrected chi connectivity index (χ1v) is 5.62. The number of nitrogens with zero attached hydrogens (tertiary/aromatic N) is 1. The number of anilines is 2. The SMILES string of the molecule is CNc1ccc(N(C)C)cc1C1CC1C. The fraction of sp³-hybridized carbons (Fsp3) is 0.538. The molecule has 0 saturated heterocycles. The Morgan fingerprint density at radius 3 is 2.47 bits per heavy atom. The van der Waals surface area contributed by atoms with E-state index in [-0.39, 0.29) is 0 Å². The van der Waals surface area contributed by atoms with E-state index in [0.717, 1.165) is 11.8 Å². The Bertz CT molecular complexity index is 358. The summed E-state index contributed by atoms with van der Waals surface area (Å²) in [5.41, 5.74) is 4.06. The molecule has 2 atom stereocenters. The van der Waals surface area contributed by atoms with Gasteiger partial charge in [0.1, 0.15) is 0 Å². The van der Waals surface area contributed by atoms with Crippen LogP contribution in [0.4, 0.5) is 11.4 Å². The molecular formula is C13H20N2. The zero-order valence-electron chi connectivity index (χ0n) is 10.0. The largest absolute Gasteiger partial charge is 0.388 e. The summed E-state index contributed by atoms with van der Waals surface area (Å²) < 4.78 is 0. The van der Waals surface area contributed by atoms with Crippen molar-refractivity contribution in [2.45, 2.75) is 19.3 Å². The van der Waals surface area contributed by atoms with Gasteiger partial charge in [-0.15, -0.1) is 0 Å². The van der Waals surface area contributed by atoms with E-state index in [2.05, 4.69) is 49.4 Å². The second-order valence-electron chi connectivity index (χ2n) is 4.74. The second-order valence-corrected chi connectivity index (χ2v) is 4.74. The highest BCUT2D eigenvalue weighted by molar-refractivity contribution is 5.62. The van der Waals surface area contributed by atoms with Crippen LogP contribution in [-0.4, -0.2) is 21.1 Å². The Kier molecular flexibility index (Phi) is 2.59. The lowest BCUT2D eigenvalue weighted by molar-refractivity contribution is 0.914. The van der Waals surface area contributed by atoms with E-state index in [1.165, 1.54) is 23.4 Å². The Labute approximate surface area is 92.3 Å². The molecule has 0 aromatic heterocycles. The first kappa shape index (κ1) is 10.3. The molecule has 1 aromatic carbocycles. The van der Waals surface area contributed by atoms with Crippen LogP contribution in [0.15, 0.2) is 18.2 Å². The summed E-state index contributed by atoms with van der Waals surface area (Å²) in [6.45, 7) is 2.33. The lowest BCUT2D eigenvalue weighted by Gasteiger charge is -2.16. The first-order valence-electron chi connectivity index (χ1n) is 5.62. The highest BCUT2D eigenvalue weighted by atomic mass is 15.1. The molecule has 1 aliphatic carbocycles. The summed E-state index contributed by atoms with van der Waals surface area (Å²) in [6, 6.07) is 6.68. The number of rotatable bonds is 3. The van der Waals surface area contributed by atoms with Crippen LogP contribution in [0, 0.1) is 5.92 Å². The van der Waals surface area contributed by atoms with Crippen molar-refractivity contribution in [1.29, 1.82) is 0 Å². The lowest BCUT2D eigenvalue weighted by Crippen LogP contribution is -2.09. The van der Waals surface area contributed by atoms with E-state index in [1.54, 1.807) is 0 Å². The number of hydrogen-bond donors (Lipinski definition) is 1. The molecule has 1 N–H and O–H groups in total. The normalized spacial score (nSPS) is 23.7. The van der Waals surface area contributed by atoms with Crippen molar-refractivity contribution in [2.24, 2.45) is 5.92 Å². The van der Waals surface area contributed by atoms with Crippen molar-refractivity contribution < 1.29 is 0 Å². The summed E-state index contributed by atoms with van der Waals surface area (Å²) in [5.74, 6) is 1.63. The Balaban J connectivity index is 2.35. The van der Waals surface area contributed by atoms with Gasteiger partial charge in [0.15, 0.2) is 0 Å². The fourth-order valence-electron chi connectivity index (χ4n) is 2.12. The Hall–Kier alpha value is -1.18. The minimum Gasteiger partial charge on any atom is -0.388 e. The molecule has 1 saturated carbocycles. The molecule has 1 fully saturated rings. The quantitative estimate of drug-likeness (QED) is 0.814. The average Bonchev–Trinajstić information content (AvgIpc) is 2.94. The Morgan fingerprint density at radius 2 is 2.00 bits per heavy atom.